The second-order valence-corrected chi connectivity index (χ2v) is 4.47. The lowest BCUT2D eigenvalue weighted by Gasteiger charge is -2.24. The number of rotatable bonds is 3. The van der Waals surface area contributed by atoms with Gasteiger partial charge in [-0.05, 0) is 12.1 Å². The quantitative estimate of drug-likeness (QED) is 0.879. The van der Waals surface area contributed by atoms with Gasteiger partial charge in [0.1, 0.15) is 0 Å². The summed E-state index contributed by atoms with van der Waals surface area (Å²) in [6.45, 7) is 0.802. The second kappa shape index (κ2) is 5.27. The van der Waals surface area contributed by atoms with E-state index in [-0.39, 0.29) is 12.3 Å². The van der Waals surface area contributed by atoms with Crippen LogP contribution >= 0.6 is 11.6 Å². The minimum absolute atomic E-state index is 0.0128. The van der Waals surface area contributed by atoms with E-state index in [4.69, 9.17) is 16.7 Å². The number of amides is 1. The van der Waals surface area contributed by atoms with Gasteiger partial charge in [-0.3, -0.25) is 9.59 Å². The molecule has 1 heterocycles. The molecule has 5 nitrogen and oxygen atoms in total. The lowest BCUT2D eigenvalue weighted by atomic mass is 10.2. The highest BCUT2D eigenvalue weighted by molar-refractivity contribution is 6.34. The monoisotopic (exact) mass is 268 g/mol. The van der Waals surface area contributed by atoms with Crippen LogP contribution in [0.2, 0.25) is 5.02 Å². The number of nitrogens with zero attached hydrogens (tertiary/aromatic N) is 1. The molecule has 0 radical (unpaired) electrons. The molecule has 1 aromatic rings. The first-order valence-corrected chi connectivity index (χ1v) is 6.01. The average molecular weight is 269 g/mol. The van der Waals surface area contributed by atoms with Crippen molar-refractivity contribution in [3.63, 3.8) is 0 Å². The maximum Gasteiger partial charge on any atom is 0.305 e. The van der Waals surface area contributed by atoms with Crippen molar-refractivity contribution < 1.29 is 14.7 Å². The zero-order chi connectivity index (χ0) is 13.1. The number of halogens is 1. The smallest absolute Gasteiger partial charge is 0.305 e. The number of carbonyl (C=O) groups excluding carboxylic acids is 1. The summed E-state index contributed by atoms with van der Waals surface area (Å²) in [4.78, 5) is 24.0. The molecule has 18 heavy (non-hydrogen) atoms. The van der Waals surface area contributed by atoms with Gasteiger partial charge < -0.3 is 15.3 Å². The molecule has 0 atom stereocenters. The van der Waals surface area contributed by atoms with Gasteiger partial charge in [0.05, 0.1) is 22.8 Å². The van der Waals surface area contributed by atoms with Crippen LogP contribution in [0.25, 0.3) is 0 Å². The number of nitrogens with one attached hydrogen (secondary N) is 1. The highest BCUT2D eigenvalue weighted by atomic mass is 35.5. The zero-order valence-electron chi connectivity index (χ0n) is 9.65. The summed E-state index contributed by atoms with van der Waals surface area (Å²) >= 11 is 6.13. The number of hydrogen-bond donors (Lipinski definition) is 2. The van der Waals surface area contributed by atoms with Crippen LogP contribution in [0.15, 0.2) is 18.2 Å². The number of hydrogen-bond acceptors (Lipinski definition) is 3. The third-order valence-corrected chi connectivity index (χ3v) is 3.09. The Balaban J connectivity index is 2.32. The van der Waals surface area contributed by atoms with Crippen molar-refractivity contribution >= 4 is 34.9 Å². The van der Waals surface area contributed by atoms with Crippen LogP contribution in [-0.2, 0) is 9.59 Å². The number of aliphatic carboxylic acids is 1. The highest BCUT2D eigenvalue weighted by Crippen LogP contribution is 2.35. The molecule has 0 aliphatic carbocycles. The summed E-state index contributed by atoms with van der Waals surface area (Å²) < 4.78 is 0. The molecule has 2 N–H and O–H groups in total. The molecule has 96 valence electrons. The summed E-state index contributed by atoms with van der Waals surface area (Å²) in [5.74, 6) is -0.955. The van der Waals surface area contributed by atoms with Gasteiger partial charge in [-0.25, -0.2) is 0 Å². The molecule has 0 aromatic heterocycles. The minimum atomic E-state index is -0.868. The maximum atomic E-state index is 11.5. The van der Waals surface area contributed by atoms with Crippen molar-refractivity contribution in [1.29, 1.82) is 0 Å². The molecule has 6 heteroatoms. The fraction of sp³-hybridized carbons (Fsp3) is 0.333. The first kappa shape index (κ1) is 12.7. The van der Waals surface area contributed by atoms with Crippen LogP contribution in [0, 0.1) is 0 Å². The van der Waals surface area contributed by atoms with Gasteiger partial charge in [0, 0.05) is 19.5 Å². The largest absolute Gasteiger partial charge is 0.481 e. The molecule has 0 saturated carbocycles. The number of anilines is 2. The van der Waals surface area contributed by atoms with Crippen LogP contribution in [0.4, 0.5) is 11.4 Å². The summed E-state index contributed by atoms with van der Waals surface area (Å²) in [5, 5.41) is 12.0. The van der Waals surface area contributed by atoms with E-state index in [0.717, 1.165) is 0 Å². The maximum absolute atomic E-state index is 11.5. The molecule has 0 bridgehead atoms. The van der Waals surface area contributed by atoms with Gasteiger partial charge >= 0.3 is 5.97 Å². The number of benzene rings is 1. The van der Waals surface area contributed by atoms with Crippen molar-refractivity contribution in [1.82, 2.24) is 0 Å². The Morgan fingerprint density at radius 2 is 2.28 bits per heavy atom. The van der Waals surface area contributed by atoms with Crippen LogP contribution in [-0.4, -0.2) is 30.1 Å². The minimum Gasteiger partial charge on any atom is -0.481 e. The van der Waals surface area contributed by atoms with Crippen LogP contribution in [0.5, 0.6) is 0 Å². The molecule has 1 aliphatic rings. The average Bonchev–Trinajstić information content (AvgIpc) is 2.46. The fourth-order valence-corrected chi connectivity index (χ4v) is 2.25. The van der Waals surface area contributed by atoms with Crippen molar-refractivity contribution in [2.45, 2.75) is 12.8 Å². The molecular formula is C12H13ClN2O3. The third kappa shape index (κ3) is 2.73. The topological polar surface area (TPSA) is 69.6 Å². The molecule has 0 fully saturated rings. The predicted molar refractivity (Wildman–Crippen MR) is 69.2 cm³/mol. The third-order valence-electron chi connectivity index (χ3n) is 2.78. The van der Waals surface area contributed by atoms with Crippen LogP contribution in [0.3, 0.4) is 0 Å². The Morgan fingerprint density at radius 1 is 1.50 bits per heavy atom. The van der Waals surface area contributed by atoms with E-state index in [0.29, 0.717) is 35.9 Å². The van der Waals surface area contributed by atoms with E-state index < -0.39 is 5.97 Å². The Kier molecular flexibility index (Phi) is 3.72. The Bertz CT molecular complexity index is 490. The summed E-state index contributed by atoms with van der Waals surface area (Å²) in [5.41, 5.74) is 1.33. The van der Waals surface area contributed by atoms with E-state index in [1.807, 2.05) is 4.90 Å². The van der Waals surface area contributed by atoms with Gasteiger partial charge in [0.25, 0.3) is 0 Å². The number of carboxylic acids is 1. The van der Waals surface area contributed by atoms with Gasteiger partial charge in [0.2, 0.25) is 5.91 Å². The standard InChI is InChI=1S/C12H13ClN2O3/c13-8-2-1-3-9-12(8)15(7-5-11(17)18)6-4-10(16)14-9/h1-3H,4-7H2,(H,14,16)(H,17,18). The summed E-state index contributed by atoms with van der Waals surface area (Å²) in [6, 6.07) is 5.24. The molecule has 0 spiro atoms. The first-order valence-electron chi connectivity index (χ1n) is 5.63. The van der Waals surface area contributed by atoms with E-state index in [9.17, 15) is 9.59 Å². The molecule has 2 rings (SSSR count). The van der Waals surface area contributed by atoms with Crippen molar-refractivity contribution in [3.8, 4) is 0 Å². The van der Waals surface area contributed by atoms with Crippen molar-refractivity contribution in [2.75, 3.05) is 23.3 Å². The molecule has 1 aromatic carbocycles. The van der Waals surface area contributed by atoms with Gasteiger partial charge in [0.15, 0.2) is 0 Å². The fourth-order valence-electron chi connectivity index (χ4n) is 1.95. The highest BCUT2D eigenvalue weighted by Gasteiger charge is 2.21. The van der Waals surface area contributed by atoms with E-state index in [1.165, 1.54) is 0 Å². The van der Waals surface area contributed by atoms with Crippen molar-refractivity contribution in [2.24, 2.45) is 0 Å². The predicted octanol–water partition coefficient (Wildman–Crippen LogP) is 1.96. The van der Waals surface area contributed by atoms with Gasteiger partial charge in [-0.2, -0.15) is 0 Å². The molecular weight excluding hydrogens is 256 g/mol. The van der Waals surface area contributed by atoms with Crippen LogP contribution in [0.1, 0.15) is 12.8 Å². The van der Waals surface area contributed by atoms with Gasteiger partial charge in [-0.15, -0.1) is 0 Å². The second-order valence-electron chi connectivity index (χ2n) is 4.06. The van der Waals surface area contributed by atoms with E-state index in [1.54, 1.807) is 18.2 Å². The molecule has 0 saturated heterocycles. The SMILES string of the molecule is O=C(O)CCN1CCC(=O)Nc2cccc(Cl)c21. The first-order chi connectivity index (χ1) is 8.58. The van der Waals surface area contributed by atoms with E-state index >= 15 is 0 Å². The molecule has 1 aliphatic heterocycles. The normalized spacial score (nSPS) is 14.7. The lowest BCUT2D eigenvalue weighted by Crippen LogP contribution is -2.27. The number of para-hydroxylation sites is 1. The van der Waals surface area contributed by atoms with Crippen molar-refractivity contribution in [3.05, 3.63) is 23.2 Å². The lowest BCUT2D eigenvalue weighted by molar-refractivity contribution is -0.136. The summed E-state index contributed by atoms with van der Waals surface area (Å²) in [7, 11) is 0. The zero-order valence-corrected chi connectivity index (χ0v) is 10.4. The number of carboxylic acid groups (broad SMARTS) is 1. The number of carbonyl (C=O) groups is 2. The summed E-state index contributed by atoms with van der Waals surface area (Å²) in [6.07, 6.45) is 0.337. The van der Waals surface area contributed by atoms with E-state index in [2.05, 4.69) is 5.32 Å². The molecule has 0 unspecified atom stereocenters. The Labute approximate surface area is 109 Å². The van der Waals surface area contributed by atoms with Crippen LogP contribution < -0.4 is 10.2 Å². The molecule has 1 amide bonds. The Morgan fingerprint density at radius 3 is 3.00 bits per heavy atom. The number of fused-ring (bicyclic) bond motifs is 1. The Hall–Kier alpha value is -1.75. The van der Waals surface area contributed by atoms with Gasteiger partial charge in [-0.1, -0.05) is 17.7 Å².